The lowest BCUT2D eigenvalue weighted by Crippen LogP contribution is -2.11. The molecule has 1 aliphatic rings. The summed E-state index contributed by atoms with van der Waals surface area (Å²) in [4.78, 5) is 4.93. The van der Waals surface area contributed by atoms with Gasteiger partial charge < -0.3 is 10.1 Å². The lowest BCUT2D eigenvalue weighted by atomic mass is 10.1. The van der Waals surface area contributed by atoms with Gasteiger partial charge in [-0.2, -0.15) is 0 Å². The third-order valence-corrected chi connectivity index (χ3v) is 5.15. The normalized spacial score (nSPS) is 14.0. The molecule has 4 aromatic rings. The first kappa shape index (κ1) is 17.6. The van der Waals surface area contributed by atoms with Crippen molar-refractivity contribution in [2.45, 2.75) is 13.0 Å². The molecule has 2 aromatic heterocycles. The molecule has 144 valence electrons. The highest BCUT2D eigenvalue weighted by Crippen LogP contribution is 2.31. The SMILES string of the molecule is C1=C(c2nc(NCc3ccccc3)c3c(-c4ccccc4)ccn3n2)CCOC1. The van der Waals surface area contributed by atoms with Gasteiger partial charge in [-0.1, -0.05) is 66.7 Å². The molecule has 0 spiro atoms. The van der Waals surface area contributed by atoms with Crippen LogP contribution in [0.5, 0.6) is 0 Å². The van der Waals surface area contributed by atoms with Gasteiger partial charge in [-0.05, 0) is 29.2 Å². The molecule has 0 atom stereocenters. The van der Waals surface area contributed by atoms with E-state index in [9.17, 15) is 0 Å². The Morgan fingerprint density at radius 1 is 0.966 bits per heavy atom. The van der Waals surface area contributed by atoms with Crippen LogP contribution in [0.1, 0.15) is 17.8 Å². The van der Waals surface area contributed by atoms with Gasteiger partial charge in [-0.3, -0.25) is 0 Å². The predicted octanol–water partition coefficient (Wildman–Crippen LogP) is 4.81. The molecule has 0 bridgehead atoms. The van der Waals surface area contributed by atoms with Crippen molar-refractivity contribution in [2.24, 2.45) is 0 Å². The van der Waals surface area contributed by atoms with E-state index in [0.29, 0.717) is 19.8 Å². The quantitative estimate of drug-likeness (QED) is 0.538. The summed E-state index contributed by atoms with van der Waals surface area (Å²) in [5.41, 5.74) is 5.61. The maximum absolute atomic E-state index is 5.45. The number of rotatable bonds is 5. The molecule has 29 heavy (non-hydrogen) atoms. The molecule has 2 aromatic carbocycles. The van der Waals surface area contributed by atoms with E-state index in [2.05, 4.69) is 66.0 Å². The van der Waals surface area contributed by atoms with Crippen molar-refractivity contribution in [3.05, 3.63) is 90.4 Å². The molecule has 1 N–H and O–H groups in total. The van der Waals surface area contributed by atoms with E-state index < -0.39 is 0 Å². The number of fused-ring (bicyclic) bond motifs is 1. The smallest absolute Gasteiger partial charge is 0.177 e. The van der Waals surface area contributed by atoms with Crippen LogP contribution in [0.2, 0.25) is 0 Å². The van der Waals surface area contributed by atoms with Crippen LogP contribution < -0.4 is 5.32 Å². The zero-order valence-corrected chi connectivity index (χ0v) is 16.1. The number of ether oxygens (including phenoxy) is 1. The highest BCUT2D eigenvalue weighted by Gasteiger charge is 2.17. The number of hydrogen-bond acceptors (Lipinski definition) is 4. The molecular formula is C24H22N4O. The van der Waals surface area contributed by atoms with Gasteiger partial charge >= 0.3 is 0 Å². The van der Waals surface area contributed by atoms with Crippen molar-refractivity contribution in [3.8, 4) is 11.1 Å². The maximum atomic E-state index is 5.45. The minimum atomic E-state index is 0.616. The molecule has 5 heteroatoms. The number of hydrogen-bond donors (Lipinski definition) is 1. The van der Waals surface area contributed by atoms with E-state index in [1.165, 1.54) is 5.56 Å². The summed E-state index contributed by atoms with van der Waals surface area (Å²) in [6.07, 6.45) is 4.92. The number of aromatic nitrogens is 3. The first-order chi connectivity index (χ1) is 14.4. The van der Waals surface area contributed by atoms with Gasteiger partial charge in [0, 0.05) is 18.3 Å². The van der Waals surface area contributed by atoms with E-state index in [1.54, 1.807) is 0 Å². The molecule has 0 unspecified atom stereocenters. The summed E-state index contributed by atoms with van der Waals surface area (Å²) < 4.78 is 7.39. The maximum Gasteiger partial charge on any atom is 0.177 e. The molecule has 5 nitrogen and oxygen atoms in total. The van der Waals surface area contributed by atoms with Crippen LogP contribution >= 0.6 is 0 Å². The van der Waals surface area contributed by atoms with Gasteiger partial charge in [0.15, 0.2) is 11.6 Å². The summed E-state index contributed by atoms with van der Waals surface area (Å²) in [5, 5.41) is 8.35. The minimum Gasteiger partial charge on any atom is -0.377 e. The molecule has 0 saturated heterocycles. The molecule has 0 amide bonds. The first-order valence-corrected chi connectivity index (χ1v) is 9.88. The zero-order valence-electron chi connectivity index (χ0n) is 16.1. The number of benzene rings is 2. The molecule has 5 rings (SSSR count). The van der Waals surface area contributed by atoms with Crippen molar-refractivity contribution in [2.75, 3.05) is 18.5 Å². The summed E-state index contributed by atoms with van der Waals surface area (Å²) in [6.45, 7) is 2.03. The second-order valence-corrected chi connectivity index (χ2v) is 7.07. The average molecular weight is 382 g/mol. The van der Waals surface area contributed by atoms with E-state index in [0.717, 1.165) is 40.3 Å². The Kier molecular flexibility index (Phi) is 4.80. The largest absolute Gasteiger partial charge is 0.377 e. The Hall–Kier alpha value is -3.44. The van der Waals surface area contributed by atoms with Crippen LogP contribution in [0.3, 0.4) is 0 Å². The van der Waals surface area contributed by atoms with Gasteiger partial charge in [-0.25, -0.2) is 9.50 Å². The number of nitrogens with zero attached hydrogens (tertiary/aromatic N) is 3. The van der Waals surface area contributed by atoms with Gasteiger partial charge in [0.05, 0.1) is 13.2 Å². The lowest BCUT2D eigenvalue weighted by molar-refractivity contribution is 0.161. The Morgan fingerprint density at radius 2 is 1.76 bits per heavy atom. The van der Waals surface area contributed by atoms with E-state index in [-0.39, 0.29) is 0 Å². The summed E-state index contributed by atoms with van der Waals surface area (Å²) in [7, 11) is 0. The summed E-state index contributed by atoms with van der Waals surface area (Å²) >= 11 is 0. The van der Waals surface area contributed by atoms with E-state index in [1.807, 2.05) is 22.8 Å². The molecular weight excluding hydrogens is 360 g/mol. The fourth-order valence-corrected chi connectivity index (χ4v) is 3.65. The number of anilines is 1. The van der Waals surface area contributed by atoms with Gasteiger partial charge in [0.2, 0.25) is 0 Å². The average Bonchev–Trinajstić information content (AvgIpc) is 3.24. The lowest BCUT2D eigenvalue weighted by Gasteiger charge is -2.15. The van der Waals surface area contributed by atoms with Gasteiger partial charge in [-0.15, -0.1) is 5.10 Å². The summed E-state index contributed by atoms with van der Waals surface area (Å²) in [5.74, 6) is 1.60. The summed E-state index contributed by atoms with van der Waals surface area (Å²) in [6, 6.07) is 22.8. The Bertz CT molecular complexity index is 1150. The van der Waals surface area contributed by atoms with Crippen molar-refractivity contribution >= 4 is 16.9 Å². The Labute approximate surface area is 169 Å². The third kappa shape index (κ3) is 3.65. The number of nitrogens with one attached hydrogen (secondary N) is 1. The first-order valence-electron chi connectivity index (χ1n) is 9.88. The zero-order chi connectivity index (χ0) is 19.5. The molecule has 0 fully saturated rings. The standard InChI is InChI=1S/C24H22N4O/c1-3-7-18(8-4-1)17-25-24-22-21(19-9-5-2-6-10-19)11-14-28(22)27-23(26-24)20-12-15-29-16-13-20/h1-12,14H,13,15-17H2,(H,25,26,27). The van der Waals surface area contributed by atoms with E-state index in [4.69, 9.17) is 14.8 Å². The Morgan fingerprint density at radius 3 is 2.52 bits per heavy atom. The van der Waals surface area contributed by atoms with Crippen LogP contribution in [0.4, 0.5) is 5.82 Å². The molecule has 3 heterocycles. The van der Waals surface area contributed by atoms with Crippen molar-refractivity contribution in [1.29, 1.82) is 0 Å². The van der Waals surface area contributed by atoms with Crippen molar-refractivity contribution < 1.29 is 4.74 Å². The molecule has 0 saturated carbocycles. The van der Waals surface area contributed by atoms with Gasteiger partial charge in [0.25, 0.3) is 0 Å². The van der Waals surface area contributed by atoms with Crippen LogP contribution in [-0.2, 0) is 11.3 Å². The van der Waals surface area contributed by atoms with Crippen LogP contribution in [0, 0.1) is 0 Å². The molecule has 1 aliphatic heterocycles. The second kappa shape index (κ2) is 7.89. The monoisotopic (exact) mass is 382 g/mol. The van der Waals surface area contributed by atoms with Crippen LogP contribution in [0.25, 0.3) is 22.2 Å². The van der Waals surface area contributed by atoms with E-state index >= 15 is 0 Å². The Balaban J connectivity index is 1.61. The topological polar surface area (TPSA) is 51.5 Å². The second-order valence-electron chi connectivity index (χ2n) is 7.07. The van der Waals surface area contributed by atoms with Crippen LogP contribution in [-0.4, -0.2) is 27.8 Å². The predicted molar refractivity (Wildman–Crippen MR) is 116 cm³/mol. The molecule has 0 radical (unpaired) electrons. The van der Waals surface area contributed by atoms with Crippen molar-refractivity contribution in [1.82, 2.24) is 14.6 Å². The fraction of sp³-hybridized carbons (Fsp3) is 0.167. The van der Waals surface area contributed by atoms with Gasteiger partial charge in [0.1, 0.15) is 5.52 Å². The van der Waals surface area contributed by atoms with Crippen molar-refractivity contribution in [3.63, 3.8) is 0 Å². The molecule has 0 aliphatic carbocycles. The fourth-order valence-electron chi connectivity index (χ4n) is 3.65. The third-order valence-electron chi connectivity index (χ3n) is 5.15. The highest BCUT2D eigenvalue weighted by atomic mass is 16.5. The minimum absolute atomic E-state index is 0.616. The highest BCUT2D eigenvalue weighted by molar-refractivity contribution is 5.89. The van der Waals surface area contributed by atoms with Crippen LogP contribution in [0.15, 0.2) is 79.0 Å².